The summed E-state index contributed by atoms with van der Waals surface area (Å²) in [5.74, 6) is 0.407. The topological polar surface area (TPSA) is 63.6 Å². The molecule has 0 bridgehead atoms. The number of hydrazone groups is 1. The Hall–Kier alpha value is -1.73. The van der Waals surface area contributed by atoms with E-state index in [2.05, 4.69) is 47.4 Å². The van der Waals surface area contributed by atoms with E-state index in [4.69, 9.17) is 4.74 Å². The summed E-state index contributed by atoms with van der Waals surface area (Å²) in [7, 11) is 1.60. The molecular formula is C14H11Br2N3O2. The molecule has 1 N–H and O–H groups in total. The van der Waals surface area contributed by atoms with Gasteiger partial charge in [0.1, 0.15) is 5.75 Å². The van der Waals surface area contributed by atoms with Crippen LogP contribution in [-0.4, -0.2) is 24.2 Å². The van der Waals surface area contributed by atoms with Gasteiger partial charge >= 0.3 is 0 Å². The van der Waals surface area contributed by atoms with Crippen molar-refractivity contribution in [2.75, 3.05) is 7.11 Å². The van der Waals surface area contributed by atoms with Crippen LogP contribution in [0, 0.1) is 0 Å². The van der Waals surface area contributed by atoms with Gasteiger partial charge in [0.25, 0.3) is 5.91 Å². The molecule has 2 aromatic rings. The van der Waals surface area contributed by atoms with E-state index in [9.17, 15) is 4.79 Å². The number of methoxy groups -OCH3 is 1. The molecule has 0 aliphatic rings. The van der Waals surface area contributed by atoms with Gasteiger partial charge in [-0.2, -0.15) is 5.10 Å². The van der Waals surface area contributed by atoms with Crippen LogP contribution in [0.15, 0.2) is 50.7 Å². The maximum atomic E-state index is 11.8. The van der Waals surface area contributed by atoms with Crippen LogP contribution in [0.4, 0.5) is 0 Å². The van der Waals surface area contributed by atoms with Crippen LogP contribution < -0.4 is 10.2 Å². The normalized spacial score (nSPS) is 10.6. The second-order valence-corrected chi connectivity index (χ2v) is 5.75. The lowest BCUT2D eigenvalue weighted by atomic mass is 10.2. The number of amides is 1. The Morgan fingerprint density at radius 3 is 2.81 bits per heavy atom. The number of ether oxygens (including phenoxy) is 1. The molecule has 7 heteroatoms. The zero-order valence-electron chi connectivity index (χ0n) is 11.0. The minimum atomic E-state index is -0.326. The molecule has 0 atom stereocenters. The number of halogens is 2. The van der Waals surface area contributed by atoms with E-state index in [1.807, 2.05) is 18.2 Å². The molecule has 0 fully saturated rings. The van der Waals surface area contributed by atoms with Crippen molar-refractivity contribution in [3.05, 3.63) is 56.7 Å². The van der Waals surface area contributed by atoms with E-state index in [1.165, 1.54) is 6.20 Å². The molecule has 1 amide bonds. The number of pyridine rings is 1. The van der Waals surface area contributed by atoms with E-state index in [0.29, 0.717) is 5.56 Å². The number of nitrogens with one attached hydrogen (secondary N) is 1. The summed E-state index contributed by atoms with van der Waals surface area (Å²) in [5.41, 5.74) is 3.70. The fraction of sp³-hybridized carbons (Fsp3) is 0.0714. The van der Waals surface area contributed by atoms with Crippen molar-refractivity contribution < 1.29 is 9.53 Å². The fourth-order valence-electron chi connectivity index (χ4n) is 1.53. The highest BCUT2D eigenvalue weighted by atomic mass is 79.9. The van der Waals surface area contributed by atoms with Crippen molar-refractivity contribution in [1.82, 2.24) is 10.4 Å². The number of carbonyl (C=O) groups excluding carboxylic acids is 1. The van der Waals surface area contributed by atoms with Crippen molar-refractivity contribution in [3.8, 4) is 5.75 Å². The Kier molecular flexibility index (Phi) is 5.46. The SMILES string of the molecule is COc1ccc(/C=N/NC(=O)c2cncc(Br)c2)cc1Br. The van der Waals surface area contributed by atoms with Crippen LogP contribution in [0.5, 0.6) is 5.75 Å². The summed E-state index contributed by atoms with van der Waals surface area (Å²) in [6.45, 7) is 0. The Bertz CT molecular complexity index is 690. The lowest BCUT2D eigenvalue weighted by Gasteiger charge is -2.03. The van der Waals surface area contributed by atoms with E-state index >= 15 is 0 Å². The molecule has 0 spiro atoms. The van der Waals surface area contributed by atoms with Gasteiger partial charge < -0.3 is 4.74 Å². The monoisotopic (exact) mass is 411 g/mol. The summed E-state index contributed by atoms with van der Waals surface area (Å²) >= 11 is 6.64. The Morgan fingerprint density at radius 1 is 1.33 bits per heavy atom. The van der Waals surface area contributed by atoms with Crippen LogP contribution in [0.25, 0.3) is 0 Å². The molecule has 0 saturated carbocycles. The van der Waals surface area contributed by atoms with Crippen molar-refractivity contribution in [2.45, 2.75) is 0 Å². The third kappa shape index (κ3) is 4.37. The van der Waals surface area contributed by atoms with Crippen LogP contribution >= 0.6 is 31.9 Å². The Balaban J connectivity index is 2.02. The van der Waals surface area contributed by atoms with E-state index in [1.54, 1.807) is 25.6 Å². The summed E-state index contributed by atoms with van der Waals surface area (Å²) in [5, 5.41) is 3.91. The Morgan fingerprint density at radius 2 is 2.14 bits per heavy atom. The van der Waals surface area contributed by atoms with E-state index < -0.39 is 0 Å². The number of aromatic nitrogens is 1. The second kappa shape index (κ2) is 7.33. The van der Waals surface area contributed by atoms with Gasteiger partial charge in [0.15, 0.2) is 0 Å². The number of hydrogen-bond donors (Lipinski definition) is 1. The average Bonchev–Trinajstić information content (AvgIpc) is 2.47. The molecule has 0 aliphatic heterocycles. The Labute approximate surface area is 138 Å². The molecule has 1 heterocycles. The second-order valence-electron chi connectivity index (χ2n) is 3.98. The first kappa shape index (κ1) is 15.7. The average molecular weight is 413 g/mol. The molecule has 108 valence electrons. The molecule has 0 aliphatic carbocycles. The van der Waals surface area contributed by atoms with Gasteiger partial charge in [-0.05, 0) is 61.7 Å². The molecular weight excluding hydrogens is 402 g/mol. The lowest BCUT2D eigenvalue weighted by molar-refractivity contribution is 0.0954. The van der Waals surface area contributed by atoms with Gasteiger partial charge in [-0.25, -0.2) is 5.43 Å². The van der Waals surface area contributed by atoms with Crippen LogP contribution in [-0.2, 0) is 0 Å². The van der Waals surface area contributed by atoms with Gasteiger partial charge in [-0.15, -0.1) is 0 Å². The van der Waals surface area contributed by atoms with Crippen molar-refractivity contribution in [1.29, 1.82) is 0 Å². The molecule has 2 rings (SSSR count). The smallest absolute Gasteiger partial charge is 0.272 e. The van der Waals surface area contributed by atoms with Gasteiger partial charge in [0.2, 0.25) is 0 Å². The first-order valence-corrected chi connectivity index (χ1v) is 7.46. The van der Waals surface area contributed by atoms with Gasteiger partial charge in [0.05, 0.1) is 23.4 Å². The largest absolute Gasteiger partial charge is 0.496 e. The first-order chi connectivity index (χ1) is 10.1. The van der Waals surface area contributed by atoms with Crippen molar-refractivity contribution in [3.63, 3.8) is 0 Å². The minimum Gasteiger partial charge on any atom is -0.496 e. The summed E-state index contributed by atoms with van der Waals surface area (Å²) in [6, 6.07) is 7.16. The third-order valence-electron chi connectivity index (χ3n) is 2.52. The molecule has 1 aromatic carbocycles. The summed E-state index contributed by atoms with van der Waals surface area (Å²) < 4.78 is 6.69. The molecule has 0 radical (unpaired) electrons. The number of nitrogens with zero attached hydrogens (tertiary/aromatic N) is 2. The zero-order chi connectivity index (χ0) is 15.2. The number of hydrogen-bond acceptors (Lipinski definition) is 4. The highest BCUT2D eigenvalue weighted by Gasteiger charge is 2.05. The third-order valence-corrected chi connectivity index (χ3v) is 3.58. The van der Waals surface area contributed by atoms with Crippen molar-refractivity contribution in [2.24, 2.45) is 5.10 Å². The molecule has 0 unspecified atom stereocenters. The standard InChI is InChI=1S/C14H11Br2N3O2/c1-21-13-3-2-9(4-12(13)16)6-18-19-14(20)10-5-11(15)8-17-7-10/h2-8H,1H3,(H,19,20)/b18-6+. The summed E-state index contributed by atoms with van der Waals surface area (Å²) in [4.78, 5) is 15.8. The maximum Gasteiger partial charge on any atom is 0.272 e. The summed E-state index contributed by atoms with van der Waals surface area (Å²) in [6.07, 6.45) is 4.63. The molecule has 1 aromatic heterocycles. The van der Waals surface area contributed by atoms with E-state index in [-0.39, 0.29) is 5.91 Å². The lowest BCUT2D eigenvalue weighted by Crippen LogP contribution is -2.17. The molecule has 21 heavy (non-hydrogen) atoms. The highest BCUT2D eigenvalue weighted by molar-refractivity contribution is 9.10. The minimum absolute atomic E-state index is 0.326. The number of rotatable bonds is 4. The predicted octanol–water partition coefficient (Wildman–Crippen LogP) is 3.38. The van der Waals surface area contributed by atoms with Gasteiger partial charge in [0, 0.05) is 16.9 Å². The highest BCUT2D eigenvalue weighted by Crippen LogP contribution is 2.24. The molecule has 5 nitrogen and oxygen atoms in total. The number of carbonyl (C=O) groups is 1. The van der Waals surface area contributed by atoms with E-state index in [0.717, 1.165) is 20.3 Å². The fourth-order valence-corrected chi connectivity index (χ4v) is 2.45. The first-order valence-electron chi connectivity index (χ1n) is 5.87. The molecule has 0 saturated heterocycles. The van der Waals surface area contributed by atoms with Crippen molar-refractivity contribution >= 4 is 44.0 Å². The predicted molar refractivity (Wildman–Crippen MR) is 87.7 cm³/mol. The number of benzene rings is 1. The maximum absolute atomic E-state index is 11.8. The van der Waals surface area contributed by atoms with Crippen LogP contribution in [0.2, 0.25) is 0 Å². The van der Waals surface area contributed by atoms with Gasteiger partial charge in [-0.3, -0.25) is 9.78 Å². The quantitative estimate of drug-likeness (QED) is 0.618. The zero-order valence-corrected chi connectivity index (χ0v) is 14.2. The van der Waals surface area contributed by atoms with Gasteiger partial charge in [-0.1, -0.05) is 0 Å². The van der Waals surface area contributed by atoms with Crippen LogP contribution in [0.3, 0.4) is 0 Å². The van der Waals surface area contributed by atoms with Crippen LogP contribution in [0.1, 0.15) is 15.9 Å².